The number of piperidine rings is 1. The Labute approximate surface area is 153 Å². The van der Waals surface area contributed by atoms with E-state index in [1.165, 1.54) is 4.90 Å². The van der Waals surface area contributed by atoms with Gasteiger partial charge in [0.05, 0.1) is 32.7 Å². The first-order valence-electron chi connectivity index (χ1n) is 8.69. The van der Waals surface area contributed by atoms with Crippen molar-refractivity contribution < 1.29 is 24.0 Å². The highest BCUT2D eigenvalue weighted by atomic mass is 16.5. The van der Waals surface area contributed by atoms with Gasteiger partial charge in [-0.25, -0.2) is 0 Å². The Bertz CT molecular complexity index is 664. The lowest BCUT2D eigenvalue weighted by Gasteiger charge is -2.29. The first-order chi connectivity index (χ1) is 12.4. The van der Waals surface area contributed by atoms with E-state index in [2.05, 4.69) is 5.32 Å². The minimum absolute atomic E-state index is 0.0391. The number of amides is 3. The molecule has 1 aliphatic heterocycles. The van der Waals surface area contributed by atoms with E-state index in [9.17, 15) is 14.4 Å². The molecule has 8 heteroatoms. The van der Waals surface area contributed by atoms with Gasteiger partial charge < -0.3 is 25.6 Å². The van der Waals surface area contributed by atoms with E-state index in [1.807, 2.05) is 0 Å². The Morgan fingerprint density at radius 2 is 2.15 bits per heavy atom. The number of methoxy groups -OCH3 is 1. The number of primary amides is 1. The van der Waals surface area contributed by atoms with E-state index in [0.717, 1.165) is 24.3 Å². The molecule has 8 nitrogen and oxygen atoms in total. The molecular formula is C18H27N4O4+. The summed E-state index contributed by atoms with van der Waals surface area (Å²) in [4.78, 5) is 38.3. The molecule has 0 radical (unpaired) electrons. The van der Waals surface area contributed by atoms with E-state index >= 15 is 0 Å². The monoisotopic (exact) mass is 363 g/mol. The second-order valence-corrected chi connectivity index (χ2v) is 6.65. The molecule has 2 rings (SSSR count). The number of carbonyl (C=O) groups excluding carboxylic acids is 3. The topological polar surface area (TPSA) is 106 Å². The van der Waals surface area contributed by atoms with Crippen molar-refractivity contribution in [2.45, 2.75) is 12.8 Å². The third kappa shape index (κ3) is 5.73. The normalized spacial score (nSPS) is 19.5. The maximum atomic E-state index is 12.4. The Hall–Kier alpha value is -2.61. The van der Waals surface area contributed by atoms with Crippen LogP contribution in [0.2, 0.25) is 0 Å². The summed E-state index contributed by atoms with van der Waals surface area (Å²) in [6.07, 6.45) is 1.65. The van der Waals surface area contributed by atoms with Crippen LogP contribution in [0.15, 0.2) is 24.3 Å². The summed E-state index contributed by atoms with van der Waals surface area (Å²) in [7, 11) is 3.15. The van der Waals surface area contributed by atoms with E-state index in [4.69, 9.17) is 10.5 Å². The van der Waals surface area contributed by atoms with Gasteiger partial charge in [-0.05, 0) is 25.0 Å². The molecule has 1 saturated heterocycles. The van der Waals surface area contributed by atoms with Crippen molar-refractivity contribution in [2.24, 2.45) is 11.7 Å². The van der Waals surface area contributed by atoms with Crippen LogP contribution in [0, 0.1) is 5.92 Å². The number of nitrogens with two attached hydrogens (primary N) is 1. The second-order valence-electron chi connectivity index (χ2n) is 6.65. The molecule has 1 aliphatic rings. The molecule has 0 spiro atoms. The molecule has 2 atom stereocenters. The van der Waals surface area contributed by atoms with E-state index in [1.54, 1.807) is 38.4 Å². The summed E-state index contributed by atoms with van der Waals surface area (Å²) in [5, 5.41) is 2.75. The average Bonchev–Trinajstić information content (AvgIpc) is 2.61. The number of rotatable bonds is 7. The van der Waals surface area contributed by atoms with E-state index in [0.29, 0.717) is 18.0 Å². The van der Waals surface area contributed by atoms with Crippen molar-refractivity contribution in [3.8, 4) is 5.75 Å². The van der Waals surface area contributed by atoms with Crippen LogP contribution in [0.5, 0.6) is 5.75 Å². The van der Waals surface area contributed by atoms with Gasteiger partial charge in [0.1, 0.15) is 5.75 Å². The quantitative estimate of drug-likeness (QED) is 0.570. The number of hydrogen-bond donors (Lipinski definition) is 3. The van der Waals surface area contributed by atoms with Crippen molar-refractivity contribution in [3.63, 3.8) is 0 Å². The summed E-state index contributed by atoms with van der Waals surface area (Å²) in [5.41, 5.74) is 5.98. The van der Waals surface area contributed by atoms with Gasteiger partial charge in [0.15, 0.2) is 6.54 Å². The minimum Gasteiger partial charge on any atom is -0.497 e. The number of carbonyl (C=O) groups is 3. The smallest absolute Gasteiger partial charge is 0.277 e. The zero-order chi connectivity index (χ0) is 19.1. The van der Waals surface area contributed by atoms with Crippen LogP contribution >= 0.6 is 0 Å². The van der Waals surface area contributed by atoms with Crippen molar-refractivity contribution in [2.75, 3.05) is 45.7 Å². The average molecular weight is 363 g/mol. The number of hydrogen-bond acceptors (Lipinski definition) is 4. The lowest BCUT2D eigenvalue weighted by Crippen LogP contribution is -3.14. The molecule has 0 bridgehead atoms. The molecule has 26 heavy (non-hydrogen) atoms. The number of benzene rings is 1. The number of likely N-dealkylation sites (N-methyl/N-ethyl adjacent to an activating group) is 1. The number of ether oxygens (including phenoxy) is 1. The molecule has 1 heterocycles. The molecule has 0 aliphatic carbocycles. The molecule has 0 saturated carbocycles. The molecule has 4 N–H and O–H groups in total. The van der Waals surface area contributed by atoms with Crippen molar-refractivity contribution in [1.82, 2.24) is 4.90 Å². The van der Waals surface area contributed by atoms with Crippen LogP contribution in [0.1, 0.15) is 12.8 Å². The van der Waals surface area contributed by atoms with Gasteiger partial charge in [0.25, 0.3) is 5.91 Å². The standard InChI is InChI=1S/C18H26N4O4/c1-21(11-16(23)20-14-6-3-7-15(9-14)26-2)17(24)12-22-8-4-5-13(10-22)18(19)25/h3,6-7,9,13H,4-5,8,10-12H2,1-2H3,(H2,19,25)(H,20,23)/p+1/t13-/m1/s1. The fraction of sp³-hybridized carbons (Fsp3) is 0.500. The summed E-state index contributed by atoms with van der Waals surface area (Å²) in [5.74, 6) is -0.248. The molecule has 3 amide bonds. The predicted octanol–water partition coefficient (Wildman–Crippen LogP) is -1.13. The van der Waals surface area contributed by atoms with Crippen LogP contribution in [-0.4, -0.2) is 63.0 Å². The molecule has 0 aromatic heterocycles. The predicted molar refractivity (Wildman–Crippen MR) is 96.7 cm³/mol. The Morgan fingerprint density at radius 1 is 1.38 bits per heavy atom. The lowest BCUT2D eigenvalue weighted by molar-refractivity contribution is -0.899. The number of nitrogens with zero attached hydrogens (tertiary/aromatic N) is 1. The van der Waals surface area contributed by atoms with Gasteiger partial charge in [-0.2, -0.15) is 0 Å². The van der Waals surface area contributed by atoms with Gasteiger partial charge in [-0.1, -0.05) is 6.07 Å². The molecule has 142 valence electrons. The molecular weight excluding hydrogens is 336 g/mol. The molecule has 1 fully saturated rings. The summed E-state index contributed by atoms with van der Waals surface area (Å²) in [6.45, 7) is 1.62. The molecule has 1 unspecified atom stereocenters. The third-order valence-electron chi connectivity index (χ3n) is 4.58. The van der Waals surface area contributed by atoms with E-state index in [-0.39, 0.29) is 36.7 Å². The zero-order valence-corrected chi connectivity index (χ0v) is 15.3. The van der Waals surface area contributed by atoms with E-state index < -0.39 is 0 Å². The second kappa shape index (κ2) is 9.19. The van der Waals surface area contributed by atoms with Crippen LogP contribution in [0.3, 0.4) is 0 Å². The first-order valence-corrected chi connectivity index (χ1v) is 8.69. The Kier molecular flexibility index (Phi) is 6.97. The molecule has 1 aromatic rings. The van der Waals surface area contributed by atoms with Crippen molar-refractivity contribution >= 4 is 23.4 Å². The first kappa shape index (κ1) is 19.7. The van der Waals surface area contributed by atoms with Gasteiger partial charge >= 0.3 is 0 Å². The summed E-state index contributed by atoms with van der Waals surface area (Å²) >= 11 is 0. The fourth-order valence-corrected chi connectivity index (χ4v) is 3.11. The number of anilines is 1. The highest BCUT2D eigenvalue weighted by Gasteiger charge is 2.29. The van der Waals surface area contributed by atoms with Gasteiger partial charge in [0.2, 0.25) is 11.8 Å². The molecule has 1 aromatic carbocycles. The maximum Gasteiger partial charge on any atom is 0.277 e. The number of nitrogens with one attached hydrogen (secondary N) is 2. The van der Waals surface area contributed by atoms with Gasteiger partial charge in [-0.3, -0.25) is 14.4 Å². The summed E-state index contributed by atoms with van der Waals surface area (Å²) in [6, 6.07) is 7.02. The SMILES string of the molecule is COc1cccc(NC(=O)CN(C)C(=O)C[NH+]2CCC[C@@H](C(N)=O)C2)c1. The minimum atomic E-state index is -0.305. The Balaban J connectivity index is 1.82. The van der Waals surface area contributed by atoms with Gasteiger partial charge in [0, 0.05) is 18.8 Å². The van der Waals surface area contributed by atoms with Crippen LogP contribution in [-0.2, 0) is 14.4 Å². The zero-order valence-electron chi connectivity index (χ0n) is 15.3. The van der Waals surface area contributed by atoms with Crippen molar-refractivity contribution in [3.05, 3.63) is 24.3 Å². The number of quaternary nitrogens is 1. The largest absolute Gasteiger partial charge is 0.497 e. The fourth-order valence-electron chi connectivity index (χ4n) is 3.11. The highest BCUT2D eigenvalue weighted by molar-refractivity contribution is 5.94. The van der Waals surface area contributed by atoms with Crippen LogP contribution in [0.25, 0.3) is 0 Å². The summed E-state index contributed by atoms with van der Waals surface area (Å²) < 4.78 is 5.11. The van der Waals surface area contributed by atoms with Crippen molar-refractivity contribution in [1.29, 1.82) is 0 Å². The number of likely N-dealkylation sites (tertiary alicyclic amines) is 1. The maximum absolute atomic E-state index is 12.4. The Morgan fingerprint density at radius 3 is 2.85 bits per heavy atom. The third-order valence-corrected chi connectivity index (χ3v) is 4.58. The van der Waals surface area contributed by atoms with Gasteiger partial charge in [-0.15, -0.1) is 0 Å². The lowest BCUT2D eigenvalue weighted by atomic mass is 9.97. The van der Waals surface area contributed by atoms with Crippen LogP contribution < -0.4 is 20.7 Å². The highest BCUT2D eigenvalue weighted by Crippen LogP contribution is 2.16. The van der Waals surface area contributed by atoms with Crippen LogP contribution in [0.4, 0.5) is 5.69 Å².